The molecular formula is C18H25ClN2O3. The van der Waals surface area contributed by atoms with Crippen molar-refractivity contribution in [1.82, 2.24) is 10.2 Å². The number of unbranched alkanes of at least 4 members (excludes halogenated alkanes) is 1. The topological polar surface area (TPSA) is 58.6 Å². The summed E-state index contributed by atoms with van der Waals surface area (Å²) in [7, 11) is 0. The van der Waals surface area contributed by atoms with Gasteiger partial charge in [0.15, 0.2) is 6.61 Å². The number of benzene rings is 1. The van der Waals surface area contributed by atoms with Crippen molar-refractivity contribution in [3.63, 3.8) is 0 Å². The minimum Gasteiger partial charge on any atom is -0.484 e. The Morgan fingerprint density at radius 1 is 1.25 bits per heavy atom. The number of amides is 2. The van der Waals surface area contributed by atoms with E-state index in [-0.39, 0.29) is 24.5 Å². The van der Waals surface area contributed by atoms with Gasteiger partial charge in [0.1, 0.15) is 5.75 Å². The summed E-state index contributed by atoms with van der Waals surface area (Å²) in [5.41, 5.74) is 0. The summed E-state index contributed by atoms with van der Waals surface area (Å²) in [5.74, 6) is 0.708. The van der Waals surface area contributed by atoms with Crippen LogP contribution in [0.4, 0.5) is 0 Å². The summed E-state index contributed by atoms with van der Waals surface area (Å²) in [5, 5.41) is 3.61. The van der Waals surface area contributed by atoms with Gasteiger partial charge in [0, 0.05) is 30.6 Å². The molecule has 1 saturated heterocycles. The zero-order valence-electron chi connectivity index (χ0n) is 14.1. The third-order valence-corrected chi connectivity index (χ3v) is 4.39. The van der Waals surface area contributed by atoms with Crippen molar-refractivity contribution < 1.29 is 14.3 Å². The summed E-state index contributed by atoms with van der Waals surface area (Å²) in [4.78, 5) is 25.8. The normalized spacial score (nSPS) is 15.2. The molecule has 0 radical (unpaired) electrons. The summed E-state index contributed by atoms with van der Waals surface area (Å²) < 4.78 is 5.43. The van der Waals surface area contributed by atoms with Crippen molar-refractivity contribution in [3.05, 3.63) is 29.3 Å². The van der Waals surface area contributed by atoms with E-state index in [2.05, 4.69) is 12.2 Å². The number of hydrogen-bond acceptors (Lipinski definition) is 3. The molecule has 0 aliphatic carbocycles. The second kappa shape index (κ2) is 9.52. The van der Waals surface area contributed by atoms with Crippen molar-refractivity contribution in [3.8, 4) is 5.75 Å². The Hall–Kier alpha value is -1.75. The van der Waals surface area contributed by atoms with Gasteiger partial charge in [-0.3, -0.25) is 9.59 Å². The molecule has 1 heterocycles. The van der Waals surface area contributed by atoms with Gasteiger partial charge < -0.3 is 15.0 Å². The Morgan fingerprint density at radius 3 is 2.54 bits per heavy atom. The molecule has 0 bridgehead atoms. The third-order valence-electron chi connectivity index (χ3n) is 4.14. The number of hydrogen-bond donors (Lipinski definition) is 1. The van der Waals surface area contributed by atoms with E-state index in [1.165, 1.54) is 0 Å². The molecule has 1 fully saturated rings. The highest BCUT2D eigenvalue weighted by Crippen LogP contribution is 2.16. The second-order valence-corrected chi connectivity index (χ2v) is 6.51. The number of rotatable bonds is 7. The fourth-order valence-electron chi connectivity index (χ4n) is 2.71. The van der Waals surface area contributed by atoms with Gasteiger partial charge in [-0.15, -0.1) is 0 Å². The minimum atomic E-state index is -0.138. The van der Waals surface area contributed by atoms with Gasteiger partial charge in [-0.05, 0) is 43.5 Å². The summed E-state index contributed by atoms with van der Waals surface area (Å²) in [6.07, 6.45) is 4.20. The van der Waals surface area contributed by atoms with Gasteiger partial charge in [0.25, 0.3) is 5.91 Å². The molecule has 0 aromatic heterocycles. The minimum absolute atomic E-state index is 0.0166. The van der Waals surface area contributed by atoms with E-state index in [4.69, 9.17) is 16.3 Å². The molecule has 1 N–H and O–H groups in total. The fraction of sp³-hybridized carbons (Fsp3) is 0.556. The molecule has 0 spiro atoms. The van der Waals surface area contributed by atoms with Crippen LogP contribution in [0.2, 0.25) is 5.02 Å². The zero-order chi connectivity index (χ0) is 17.4. The van der Waals surface area contributed by atoms with Crippen molar-refractivity contribution in [1.29, 1.82) is 0 Å². The Morgan fingerprint density at radius 2 is 1.92 bits per heavy atom. The van der Waals surface area contributed by atoms with Gasteiger partial charge in [0.2, 0.25) is 5.91 Å². The van der Waals surface area contributed by atoms with E-state index in [1.807, 2.05) is 4.90 Å². The molecule has 2 rings (SSSR count). The molecule has 6 heteroatoms. The zero-order valence-corrected chi connectivity index (χ0v) is 14.8. The summed E-state index contributed by atoms with van der Waals surface area (Å²) in [6.45, 7) is 3.50. The van der Waals surface area contributed by atoms with Crippen LogP contribution >= 0.6 is 11.6 Å². The number of likely N-dealkylation sites (tertiary alicyclic amines) is 1. The third kappa shape index (κ3) is 6.04. The van der Waals surface area contributed by atoms with Crippen LogP contribution in [0.15, 0.2) is 24.3 Å². The van der Waals surface area contributed by atoms with Crippen molar-refractivity contribution >= 4 is 23.4 Å². The van der Waals surface area contributed by atoms with Gasteiger partial charge >= 0.3 is 0 Å². The number of nitrogens with one attached hydrogen (secondary N) is 1. The lowest BCUT2D eigenvalue weighted by atomic mass is 10.0. The van der Waals surface area contributed by atoms with Crippen LogP contribution in [0.1, 0.15) is 39.0 Å². The molecule has 2 amide bonds. The highest BCUT2D eigenvalue weighted by atomic mass is 35.5. The smallest absolute Gasteiger partial charge is 0.258 e. The lowest BCUT2D eigenvalue weighted by Gasteiger charge is -2.32. The first-order valence-electron chi connectivity index (χ1n) is 8.54. The van der Waals surface area contributed by atoms with Crippen LogP contribution in [0.25, 0.3) is 0 Å². The molecule has 5 nitrogen and oxygen atoms in total. The van der Waals surface area contributed by atoms with E-state index < -0.39 is 0 Å². The summed E-state index contributed by atoms with van der Waals surface area (Å²) >= 11 is 5.80. The maximum atomic E-state index is 12.0. The molecule has 1 aromatic carbocycles. The molecule has 132 valence electrons. The van der Waals surface area contributed by atoms with Crippen LogP contribution in [0, 0.1) is 0 Å². The van der Waals surface area contributed by atoms with Crippen molar-refractivity contribution in [2.75, 3.05) is 19.7 Å². The number of nitrogens with zero attached hydrogens (tertiary/aromatic N) is 1. The molecule has 0 unspecified atom stereocenters. The van der Waals surface area contributed by atoms with Crippen LogP contribution in [0.5, 0.6) is 5.75 Å². The Balaban J connectivity index is 1.66. The number of ether oxygens (including phenoxy) is 1. The Bertz CT molecular complexity index is 540. The van der Waals surface area contributed by atoms with E-state index in [9.17, 15) is 9.59 Å². The number of carbonyl (C=O) groups is 2. The maximum absolute atomic E-state index is 12.0. The van der Waals surface area contributed by atoms with E-state index in [1.54, 1.807) is 24.3 Å². The van der Waals surface area contributed by atoms with Gasteiger partial charge in [-0.2, -0.15) is 0 Å². The quantitative estimate of drug-likeness (QED) is 0.820. The summed E-state index contributed by atoms with van der Waals surface area (Å²) in [6, 6.07) is 7.02. The second-order valence-electron chi connectivity index (χ2n) is 6.07. The molecule has 24 heavy (non-hydrogen) atoms. The number of carbonyl (C=O) groups excluding carboxylic acids is 2. The highest BCUT2D eigenvalue weighted by molar-refractivity contribution is 6.30. The molecule has 1 aliphatic heterocycles. The molecule has 1 aliphatic rings. The monoisotopic (exact) mass is 352 g/mol. The SMILES string of the molecule is CCCCC(=O)N1CCC(NC(=O)COc2ccc(Cl)cc2)CC1. The van der Waals surface area contributed by atoms with Gasteiger partial charge in [-0.1, -0.05) is 24.9 Å². The van der Waals surface area contributed by atoms with E-state index in [0.29, 0.717) is 30.3 Å². The lowest BCUT2D eigenvalue weighted by Crippen LogP contribution is -2.47. The largest absolute Gasteiger partial charge is 0.484 e. The van der Waals surface area contributed by atoms with Gasteiger partial charge in [0.05, 0.1) is 0 Å². The first-order chi connectivity index (χ1) is 11.6. The predicted octanol–water partition coefficient (Wildman–Crippen LogP) is 3.02. The van der Waals surface area contributed by atoms with Crippen LogP contribution in [-0.4, -0.2) is 42.5 Å². The highest BCUT2D eigenvalue weighted by Gasteiger charge is 2.23. The van der Waals surface area contributed by atoms with E-state index in [0.717, 1.165) is 25.7 Å². The first kappa shape index (κ1) is 18.6. The number of halogens is 1. The maximum Gasteiger partial charge on any atom is 0.258 e. The molecule has 0 atom stereocenters. The first-order valence-corrected chi connectivity index (χ1v) is 8.91. The standard InChI is InChI=1S/C18H25ClN2O3/c1-2-3-4-18(23)21-11-9-15(10-12-21)20-17(22)13-24-16-7-5-14(19)6-8-16/h5-8,15H,2-4,9-13H2,1H3,(H,20,22). The molecule has 1 aromatic rings. The van der Waals surface area contributed by atoms with Crippen molar-refractivity contribution in [2.24, 2.45) is 0 Å². The van der Waals surface area contributed by atoms with Gasteiger partial charge in [-0.25, -0.2) is 0 Å². The number of piperidine rings is 1. The molecule has 0 saturated carbocycles. The van der Waals surface area contributed by atoms with Crippen molar-refractivity contribution in [2.45, 2.75) is 45.1 Å². The van der Waals surface area contributed by atoms with Crippen LogP contribution in [0.3, 0.4) is 0 Å². The predicted molar refractivity (Wildman–Crippen MR) is 94.2 cm³/mol. The lowest BCUT2D eigenvalue weighted by molar-refractivity contribution is -0.132. The Kier molecular flexibility index (Phi) is 7.37. The average molecular weight is 353 g/mol. The van der Waals surface area contributed by atoms with E-state index >= 15 is 0 Å². The average Bonchev–Trinajstić information content (AvgIpc) is 2.60. The molecular weight excluding hydrogens is 328 g/mol. The van der Waals surface area contributed by atoms with Crippen LogP contribution < -0.4 is 10.1 Å². The Labute approximate surface area is 148 Å². The van der Waals surface area contributed by atoms with Crippen LogP contribution in [-0.2, 0) is 9.59 Å². The fourth-order valence-corrected chi connectivity index (χ4v) is 2.83.